The van der Waals surface area contributed by atoms with Crippen LogP contribution >= 0.6 is 0 Å². The minimum absolute atomic E-state index is 0.196. The Morgan fingerprint density at radius 3 is 2.72 bits per heavy atom. The number of aromatic hydroxyl groups is 1. The molecule has 146 valence electrons. The number of rotatable bonds is 5. The molecule has 2 aromatic rings. The second kappa shape index (κ2) is 8.01. The summed E-state index contributed by atoms with van der Waals surface area (Å²) >= 11 is 0. The fraction of sp³-hybridized carbons (Fsp3) is 0.238. The number of ketones is 1. The normalized spacial score (nSPS) is 15.1. The number of anilines is 1. The van der Waals surface area contributed by atoms with Crippen LogP contribution < -0.4 is 10.9 Å². The molecule has 0 fully saturated rings. The van der Waals surface area contributed by atoms with Gasteiger partial charge in [-0.1, -0.05) is 6.07 Å². The zero-order valence-corrected chi connectivity index (χ0v) is 15.9. The van der Waals surface area contributed by atoms with Crippen molar-refractivity contribution in [3.05, 3.63) is 68.3 Å². The Kier molecular flexibility index (Phi) is 5.49. The summed E-state index contributed by atoms with van der Waals surface area (Å²) in [6, 6.07) is 8.10. The van der Waals surface area contributed by atoms with Crippen LogP contribution in [0.15, 0.2) is 40.5 Å². The Bertz CT molecular complexity index is 1160. The molecule has 0 radical (unpaired) electrons. The number of ether oxygens (including phenoxy) is 1. The number of nitriles is 2. The topological polar surface area (TPSA) is 139 Å². The number of hydrogen-bond donors (Lipinski definition) is 3. The highest BCUT2D eigenvalue weighted by Gasteiger charge is 2.36. The number of carbonyl (C=O) groups is 1. The first kappa shape index (κ1) is 19.9. The van der Waals surface area contributed by atoms with E-state index in [9.17, 15) is 14.7 Å². The number of fused-ring (bicyclic) bond motifs is 1. The molecule has 1 aromatic heterocycles. The Labute approximate surface area is 166 Å². The number of H-pyrrole nitrogens is 1. The molecule has 1 aliphatic heterocycles. The molecule has 0 aliphatic carbocycles. The van der Waals surface area contributed by atoms with Crippen LogP contribution in [0.1, 0.15) is 35.1 Å². The average Bonchev–Trinajstić information content (AvgIpc) is 2.70. The first-order valence-corrected chi connectivity index (χ1v) is 8.79. The molecule has 8 heteroatoms. The number of aromatic amines is 1. The highest BCUT2D eigenvalue weighted by Crippen LogP contribution is 2.44. The van der Waals surface area contributed by atoms with Crippen molar-refractivity contribution in [3.63, 3.8) is 0 Å². The molecule has 1 atom stereocenters. The molecule has 3 rings (SSSR count). The van der Waals surface area contributed by atoms with Crippen molar-refractivity contribution in [1.29, 1.82) is 10.5 Å². The number of aryl methyl sites for hydroxylation is 1. The number of phenols is 1. The summed E-state index contributed by atoms with van der Waals surface area (Å²) in [4.78, 5) is 28.3. The van der Waals surface area contributed by atoms with Gasteiger partial charge in [-0.3, -0.25) is 9.59 Å². The van der Waals surface area contributed by atoms with Gasteiger partial charge in [-0.15, -0.1) is 0 Å². The predicted molar refractivity (Wildman–Crippen MR) is 104 cm³/mol. The summed E-state index contributed by atoms with van der Waals surface area (Å²) in [5.41, 5.74) is 2.58. The first-order valence-electron chi connectivity index (χ1n) is 8.79. The van der Waals surface area contributed by atoms with Gasteiger partial charge in [0.2, 0.25) is 0 Å². The predicted octanol–water partition coefficient (Wildman–Crippen LogP) is 2.20. The maximum Gasteiger partial charge on any atom is 0.254 e. The van der Waals surface area contributed by atoms with Gasteiger partial charge in [-0.2, -0.15) is 10.5 Å². The van der Waals surface area contributed by atoms with E-state index in [1.54, 1.807) is 19.2 Å². The van der Waals surface area contributed by atoms with Gasteiger partial charge in [-0.05, 0) is 31.5 Å². The molecule has 1 unspecified atom stereocenters. The van der Waals surface area contributed by atoms with Crippen molar-refractivity contribution in [1.82, 2.24) is 4.98 Å². The third kappa shape index (κ3) is 3.62. The standard InChI is InChI=1S/C21H18N4O4/c1-11-9-24-21(28)19-18(14-4-3-13(8-23)7-15(14)26)17(12(2)25-20(11)19)16(27)10-29-6-5-22/h3-4,7,9,18,25-26H,6,10H2,1-2H3,(H,24,28). The number of benzene rings is 1. The number of phenolic OH excluding ortho intramolecular Hbond substituents is 1. The maximum absolute atomic E-state index is 12.9. The van der Waals surface area contributed by atoms with Gasteiger partial charge < -0.3 is 20.1 Å². The Morgan fingerprint density at radius 1 is 1.31 bits per heavy atom. The van der Waals surface area contributed by atoms with Crippen molar-refractivity contribution in [2.45, 2.75) is 19.8 Å². The summed E-state index contributed by atoms with van der Waals surface area (Å²) in [6.45, 7) is 2.94. The Morgan fingerprint density at radius 2 is 2.07 bits per heavy atom. The summed E-state index contributed by atoms with van der Waals surface area (Å²) in [7, 11) is 0. The fourth-order valence-electron chi connectivity index (χ4n) is 3.51. The summed E-state index contributed by atoms with van der Waals surface area (Å²) in [5.74, 6) is -1.47. The number of nitrogens with zero attached hydrogens (tertiary/aromatic N) is 2. The van der Waals surface area contributed by atoms with E-state index in [-0.39, 0.29) is 30.1 Å². The molecular weight excluding hydrogens is 372 g/mol. The molecule has 0 saturated carbocycles. The highest BCUT2D eigenvalue weighted by molar-refractivity contribution is 6.01. The third-order valence-electron chi connectivity index (χ3n) is 4.79. The average molecular weight is 390 g/mol. The molecular formula is C21H18N4O4. The van der Waals surface area contributed by atoms with Gasteiger partial charge in [-0.25, -0.2) is 0 Å². The van der Waals surface area contributed by atoms with Crippen molar-refractivity contribution >= 4 is 11.5 Å². The molecule has 0 saturated heterocycles. The number of allylic oxidation sites excluding steroid dienone is 1. The van der Waals surface area contributed by atoms with E-state index < -0.39 is 17.3 Å². The molecule has 0 bridgehead atoms. The molecule has 0 amide bonds. The summed E-state index contributed by atoms with van der Waals surface area (Å²) in [5, 5.41) is 31.4. The summed E-state index contributed by atoms with van der Waals surface area (Å²) < 4.78 is 5.07. The molecule has 1 aromatic carbocycles. The van der Waals surface area contributed by atoms with Gasteiger partial charge in [0, 0.05) is 23.0 Å². The van der Waals surface area contributed by atoms with Crippen LogP contribution in [-0.4, -0.2) is 29.1 Å². The van der Waals surface area contributed by atoms with Gasteiger partial charge in [0.25, 0.3) is 5.56 Å². The van der Waals surface area contributed by atoms with Crippen LogP contribution in [0.5, 0.6) is 5.75 Å². The lowest BCUT2D eigenvalue weighted by Gasteiger charge is -2.31. The van der Waals surface area contributed by atoms with E-state index in [0.717, 1.165) is 5.56 Å². The van der Waals surface area contributed by atoms with Crippen LogP contribution in [0, 0.1) is 29.6 Å². The van der Waals surface area contributed by atoms with Crippen molar-refractivity contribution < 1.29 is 14.6 Å². The lowest BCUT2D eigenvalue weighted by Crippen LogP contribution is -2.31. The van der Waals surface area contributed by atoms with Gasteiger partial charge in [0.05, 0.1) is 34.9 Å². The highest BCUT2D eigenvalue weighted by atomic mass is 16.5. The van der Waals surface area contributed by atoms with E-state index in [0.29, 0.717) is 22.5 Å². The molecule has 29 heavy (non-hydrogen) atoms. The number of aromatic nitrogens is 1. The minimum Gasteiger partial charge on any atom is -0.508 e. The number of pyridine rings is 1. The lowest BCUT2D eigenvalue weighted by molar-refractivity contribution is -0.119. The first-order chi connectivity index (χ1) is 13.9. The zero-order valence-electron chi connectivity index (χ0n) is 15.9. The summed E-state index contributed by atoms with van der Waals surface area (Å²) in [6.07, 6.45) is 1.57. The molecule has 1 aliphatic rings. The Balaban J connectivity index is 2.23. The van der Waals surface area contributed by atoms with E-state index >= 15 is 0 Å². The maximum atomic E-state index is 12.9. The van der Waals surface area contributed by atoms with Crippen LogP contribution in [0.2, 0.25) is 0 Å². The smallest absolute Gasteiger partial charge is 0.254 e. The quantitative estimate of drug-likeness (QED) is 0.665. The molecule has 0 spiro atoms. The van der Waals surface area contributed by atoms with Gasteiger partial charge in [0.15, 0.2) is 5.78 Å². The number of Topliss-reactive ketones (excluding diaryl/α,β-unsaturated/α-hetero) is 1. The van der Waals surface area contributed by atoms with Crippen LogP contribution in [-0.2, 0) is 9.53 Å². The van der Waals surface area contributed by atoms with E-state index in [4.69, 9.17) is 15.3 Å². The van der Waals surface area contributed by atoms with Crippen molar-refractivity contribution in [2.24, 2.45) is 0 Å². The molecule has 3 N–H and O–H groups in total. The van der Waals surface area contributed by atoms with Crippen LogP contribution in [0.3, 0.4) is 0 Å². The van der Waals surface area contributed by atoms with E-state index in [1.165, 1.54) is 18.2 Å². The monoisotopic (exact) mass is 390 g/mol. The van der Waals surface area contributed by atoms with E-state index in [1.807, 2.05) is 13.0 Å². The third-order valence-corrected chi connectivity index (χ3v) is 4.79. The minimum atomic E-state index is -0.860. The number of carbonyl (C=O) groups excluding carboxylic acids is 1. The largest absolute Gasteiger partial charge is 0.508 e. The van der Waals surface area contributed by atoms with Crippen LogP contribution in [0.25, 0.3) is 0 Å². The van der Waals surface area contributed by atoms with E-state index in [2.05, 4.69) is 10.3 Å². The van der Waals surface area contributed by atoms with Crippen molar-refractivity contribution in [2.75, 3.05) is 18.5 Å². The SMILES string of the molecule is CC1=C(C(=O)COCC#N)C(c2ccc(C#N)cc2O)c2c(c(C)c[nH]c2=O)N1. The lowest BCUT2D eigenvalue weighted by atomic mass is 9.78. The number of hydrogen-bond acceptors (Lipinski definition) is 7. The molecule has 8 nitrogen and oxygen atoms in total. The second-order valence-corrected chi connectivity index (χ2v) is 6.65. The second-order valence-electron chi connectivity index (χ2n) is 6.65. The fourth-order valence-corrected chi connectivity index (χ4v) is 3.51. The zero-order chi connectivity index (χ0) is 21.1. The number of nitrogens with one attached hydrogen (secondary N) is 2. The van der Waals surface area contributed by atoms with Crippen molar-refractivity contribution in [3.8, 4) is 17.9 Å². The molecule has 2 heterocycles. The Hall–Kier alpha value is -3.88. The van der Waals surface area contributed by atoms with Gasteiger partial charge in [0.1, 0.15) is 19.0 Å². The van der Waals surface area contributed by atoms with Crippen LogP contribution in [0.4, 0.5) is 5.69 Å². The van der Waals surface area contributed by atoms with Gasteiger partial charge >= 0.3 is 0 Å².